The van der Waals surface area contributed by atoms with E-state index in [1.165, 1.54) is 15.9 Å². The maximum absolute atomic E-state index is 13.7. The first-order valence-electron chi connectivity index (χ1n) is 11.1. The number of benzene rings is 2. The zero-order valence-electron chi connectivity index (χ0n) is 19.8. The van der Waals surface area contributed by atoms with Crippen molar-refractivity contribution in [2.45, 2.75) is 26.8 Å². The maximum Gasteiger partial charge on any atom is 0.338 e. The third-order valence-corrected chi connectivity index (χ3v) is 6.73. The molecule has 2 heterocycles. The molecule has 0 spiro atoms. The van der Waals surface area contributed by atoms with Gasteiger partial charge in [0, 0.05) is 10.6 Å². The van der Waals surface area contributed by atoms with Gasteiger partial charge in [-0.3, -0.25) is 9.36 Å². The summed E-state index contributed by atoms with van der Waals surface area (Å²) in [4.78, 5) is 31.9. The third-order valence-electron chi connectivity index (χ3n) is 5.50. The molecule has 0 amide bonds. The van der Waals surface area contributed by atoms with Crippen LogP contribution in [0.25, 0.3) is 6.08 Å². The Balaban J connectivity index is 2.01. The lowest BCUT2D eigenvalue weighted by Crippen LogP contribution is -2.40. The van der Waals surface area contributed by atoms with Crippen molar-refractivity contribution in [3.8, 4) is 11.5 Å². The van der Waals surface area contributed by atoms with Crippen LogP contribution in [0.4, 0.5) is 0 Å². The summed E-state index contributed by atoms with van der Waals surface area (Å²) in [5.74, 6) is 0.438. The van der Waals surface area contributed by atoms with E-state index in [-0.39, 0.29) is 17.7 Å². The number of carbonyl (C=O) groups is 1. The Morgan fingerprint density at radius 3 is 2.57 bits per heavy atom. The highest BCUT2D eigenvalue weighted by Gasteiger charge is 2.35. The highest BCUT2D eigenvalue weighted by atomic mass is 35.5. The summed E-state index contributed by atoms with van der Waals surface area (Å²) in [5, 5.41) is 0.611. The van der Waals surface area contributed by atoms with Gasteiger partial charge in [-0.25, -0.2) is 9.79 Å². The van der Waals surface area contributed by atoms with Gasteiger partial charge in [0.1, 0.15) is 6.04 Å². The maximum atomic E-state index is 13.7. The molecule has 9 heteroatoms. The molecule has 0 radical (unpaired) electrons. The van der Waals surface area contributed by atoms with Crippen LogP contribution in [0.2, 0.25) is 5.02 Å². The number of carbonyl (C=O) groups excluding carboxylic acids is 1. The Morgan fingerprint density at radius 2 is 1.91 bits per heavy atom. The summed E-state index contributed by atoms with van der Waals surface area (Å²) in [6.45, 7) is 5.92. The van der Waals surface area contributed by atoms with Crippen molar-refractivity contribution in [3.05, 3.63) is 89.6 Å². The molecule has 3 aromatic rings. The second-order valence-corrected chi connectivity index (χ2v) is 9.11. The molecule has 2 aromatic carbocycles. The number of hydrogen-bond donors (Lipinski definition) is 0. The smallest absolute Gasteiger partial charge is 0.338 e. The van der Waals surface area contributed by atoms with Gasteiger partial charge in [-0.15, -0.1) is 0 Å². The molecule has 0 N–H and O–H groups in total. The van der Waals surface area contributed by atoms with E-state index in [1.54, 1.807) is 51.3 Å². The molecule has 1 aliphatic heterocycles. The molecule has 0 saturated heterocycles. The van der Waals surface area contributed by atoms with E-state index in [1.807, 2.05) is 25.1 Å². The largest absolute Gasteiger partial charge is 0.493 e. The minimum absolute atomic E-state index is 0.194. The molecule has 1 aromatic heterocycles. The van der Waals surface area contributed by atoms with Crippen molar-refractivity contribution >= 4 is 35.0 Å². The molecule has 0 aliphatic carbocycles. The number of fused-ring (bicyclic) bond motifs is 1. The van der Waals surface area contributed by atoms with Gasteiger partial charge in [-0.1, -0.05) is 47.2 Å². The Morgan fingerprint density at radius 1 is 1.17 bits per heavy atom. The van der Waals surface area contributed by atoms with Gasteiger partial charge in [-0.2, -0.15) is 0 Å². The molecule has 1 aliphatic rings. The van der Waals surface area contributed by atoms with Gasteiger partial charge in [0.15, 0.2) is 16.3 Å². The molecule has 1 atom stereocenters. The molecule has 0 unspecified atom stereocenters. The van der Waals surface area contributed by atoms with Crippen molar-refractivity contribution in [1.82, 2.24) is 4.57 Å². The standard InChI is InChI=1S/C26H25ClN2O5S/c1-5-33-23-18(8-7-9-19(23)32-4)22-21(25(31)34-6-2)15(3)28-26-29(22)24(30)20(35-26)14-16-10-12-17(27)13-11-16/h7-14,22H,5-6H2,1-4H3/b20-14+/t22-/m0/s1. The zero-order chi connectivity index (χ0) is 25.1. The van der Waals surface area contributed by atoms with Gasteiger partial charge >= 0.3 is 5.97 Å². The quantitative estimate of drug-likeness (QED) is 0.449. The van der Waals surface area contributed by atoms with Gasteiger partial charge in [0.2, 0.25) is 0 Å². The number of thiazole rings is 1. The summed E-state index contributed by atoms with van der Waals surface area (Å²) < 4.78 is 18.8. The lowest BCUT2D eigenvalue weighted by Gasteiger charge is -2.26. The van der Waals surface area contributed by atoms with E-state index in [0.29, 0.717) is 43.7 Å². The summed E-state index contributed by atoms with van der Waals surface area (Å²) in [7, 11) is 1.55. The predicted molar refractivity (Wildman–Crippen MR) is 136 cm³/mol. The van der Waals surface area contributed by atoms with Gasteiger partial charge in [0.25, 0.3) is 5.56 Å². The van der Waals surface area contributed by atoms with Crippen LogP contribution < -0.4 is 24.4 Å². The topological polar surface area (TPSA) is 79.1 Å². The first-order chi connectivity index (χ1) is 16.9. The monoisotopic (exact) mass is 512 g/mol. The van der Waals surface area contributed by atoms with Crippen LogP contribution in [-0.4, -0.2) is 30.9 Å². The highest BCUT2D eigenvalue weighted by molar-refractivity contribution is 7.07. The van der Waals surface area contributed by atoms with Crippen LogP contribution in [0.1, 0.15) is 37.9 Å². The first kappa shape index (κ1) is 24.8. The minimum Gasteiger partial charge on any atom is -0.493 e. The average molecular weight is 513 g/mol. The second-order valence-electron chi connectivity index (χ2n) is 7.67. The molecular formula is C26H25ClN2O5S. The van der Waals surface area contributed by atoms with E-state index in [0.717, 1.165) is 5.56 Å². The third kappa shape index (κ3) is 4.76. The number of esters is 1. The summed E-state index contributed by atoms with van der Waals surface area (Å²) in [5.41, 5.74) is 1.94. The predicted octanol–water partition coefficient (Wildman–Crippen LogP) is 3.86. The van der Waals surface area contributed by atoms with E-state index in [4.69, 9.17) is 25.8 Å². The van der Waals surface area contributed by atoms with E-state index in [2.05, 4.69) is 4.99 Å². The van der Waals surface area contributed by atoms with Crippen LogP contribution in [-0.2, 0) is 9.53 Å². The lowest BCUT2D eigenvalue weighted by molar-refractivity contribution is -0.139. The van der Waals surface area contributed by atoms with Crippen LogP contribution in [0.5, 0.6) is 11.5 Å². The molecule has 4 rings (SSSR count). The molecule has 0 bridgehead atoms. The minimum atomic E-state index is -0.797. The number of aromatic nitrogens is 1. The van der Waals surface area contributed by atoms with Crippen molar-refractivity contribution in [2.75, 3.05) is 20.3 Å². The SMILES string of the molecule is CCOC(=O)C1=C(C)N=c2s/c(=C/c3ccc(Cl)cc3)c(=O)n2[C@H]1c1cccc(OC)c1OCC. The highest BCUT2D eigenvalue weighted by Crippen LogP contribution is 2.40. The Bertz CT molecular complexity index is 1470. The number of ether oxygens (including phenoxy) is 3. The van der Waals surface area contributed by atoms with Crippen LogP contribution in [0.15, 0.2) is 63.5 Å². The van der Waals surface area contributed by atoms with Crippen molar-refractivity contribution in [2.24, 2.45) is 4.99 Å². The summed E-state index contributed by atoms with van der Waals surface area (Å²) >= 11 is 7.26. The number of para-hydroxylation sites is 1. The lowest BCUT2D eigenvalue weighted by atomic mass is 9.94. The van der Waals surface area contributed by atoms with Crippen LogP contribution in [0.3, 0.4) is 0 Å². The summed E-state index contributed by atoms with van der Waals surface area (Å²) in [6.07, 6.45) is 1.79. The fourth-order valence-corrected chi connectivity index (χ4v) is 5.18. The van der Waals surface area contributed by atoms with Gasteiger partial charge in [-0.05, 0) is 50.6 Å². The van der Waals surface area contributed by atoms with E-state index < -0.39 is 12.0 Å². The Labute approximate surface area is 211 Å². The van der Waals surface area contributed by atoms with Gasteiger partial charge < -0.3 is 14.2 Å². The van der Waals surface area contributed by atoms with Crippen LogP contribution in [0, 0.1) is 0 Å². The second kappa shape index (κ2) is 10.5. The fourth-order valence-electron chi connectivity index (χ4n) is 4.00. The van der Waals surface area contributed by atoms with Crippen molar-refractivity contribution < 1.29 is 19.0 Å². The van der Waals surface area contributed by atoms with E-state index >= 15 is 0 Å². The average Bonchev–Trinajstić information content (AvgIpc) is 3.14. The summed E-state index contributed by atoms with van der Waals surface area (Å²) in [6, 6.07) is 11.8. The molecule has 182 valence electrons. The van der Waals surface area contributed by atoms with Crippen molar-refractivity contribution in [1.29, 1.82) is 0 Å². The van der Waals surface area contributed by atoms with E-state index in [9.17, 15) is 9.59 Å². The molecule has 0 fully saturated rings. The molecule has 0 saturated carbocycles. The molecule has 35 heavy (non-hydrogen) atoms. The normalized spacial score (nSPS) is 15.5. The fraction of sp³-hybridized carbons (Fsp3) is 0.269. The number of halogens is 1. The molecule has 7 nitrogen and oxygen atoms in total. The Hall–Kier alpha value is -3.36. The number of allylic oxidation sites excluding steroid dienone is 1. The van der Waals surface area contributed by atoms with Gasteiger partial charge in [0.05, 0.1) is 36.1 Å². The molecular weight excluding hydrogens is 488 g/mol. The Kier molecular flexibility index (Phi) is 7.42. The number of nitrogens with zero attached hydrogens (tertiary/aromatic N) is 2. The number of rotatable bonds is 7. The number of hydrogen-bond acceptors (Lipinski definition) is 7. The zero-order valence-corrected chi connectivity index (χ0v) is 21.4. The number of methoxy groups -OCH3 is 1. The first-order valence-corrected chi connectivity index (χ1v) is 12.3. The van der Waals surface area contributed by atoms with Crippen LogP contribution >= 0.6 is 22.9 Å². The van der Waals surface area contributed by atoms with Crippen molar-refractivity contribution in [3.63, 3.8) is 0 Å².